The van der Waals surface area contributed by atoms with Crippen LogP contribution >= 0.6 is 0 Å². The molecule has 0 heterocycles. The van der Waals surface area contributed by atoms with Crippen molar-refractivity contribution in [1.29, 1.82) is 0 Å². The molecule has 0 amide bonds. The third kappa shape index (κ3) is 2.88. The van der Waals surface area contributed by atoms with Gasteiger partial charge in [0, 0.05) is 0 Å². The molecular weight excluding hydrogens is 222 g/mol. The number of rotatable bonds is 4. The lowest BCUT2D eigenvalue weighted by molar-refractivity contribution is 0.442. The SMILES string of the molecule is CC(C)c1ccc(C(N=C=O)C2CCCC2)cc1. The average Bonchev–Trinajstić information content (AvgIpc) is 2.90. The Labute approximate surface area is 109 Å². The van der Waals surface area contributed by atoms with Gasteiger partial charge >= 0.3 is 0 Å². The van der Waals surface area contributed by atoms with Gasteiger partial charge in [0.2, 0.25) is 6.08 Å². The first-order valence-electron chi connectivity index (χ1n) is 6.89. The van der Waals surface area contributed by atoms with Crippen LogP contribution in [0.25, 0.3) is 0 Å². The highest BCUT2D eigenvalue weighted by Crippen LogP contribution is 2.38. The van der Waals surface area contributed by atoms with Gasteiger partial charge in [0.25, 0.3) is 0 Å². The van der Waals surface area contributed by atoms with Crippen LogP contribution in [0.4, 0.5) is 0 Å². The Hall–Kier alpha value is -1.40. The van der Waals surface area contributed by atoms with Crippen LogP contribution in [0.2, 0.25) is 0 Å². The van der Waals surface area contributed by atoms with E-state index in [-0.39, 0.29) is 6.04 Å². The van der Waals surface area contributed by atoms with E-state index in [2.05, 4.69) is 43.1 Å². The summed E-state index contributed by atoms with van der Waals surface area (Å²) < 4.78 is 0. The van der Waals surface area contributed by atoms with Crippen LogP contribution in [0.1, 0.15) is 62.6 Å². The molecule has 0 saturated heterocycles. The van der Waals surface area contributed by atoms with Gasteiger partial charge in [-0.3, -0.25) is 0 Å². The maximum atomic E-state index is 10.6. The third-order valence-corrected chi connectivity index (χ3v) is 3.98. The van der Waals surface area contributed by atoms with Crippen LogP contribution in [-0.2, 0) is 4.79 Å². The summed E-state index contributed by atoms with van der Waals surface area (Å²) in [6.07, 6.45) is 6.65. The second-order valence-corrected chi connectivity index (χ2v) is 5.53. The Morgan fingerprint density at radius 3 is 2.17 bits per heavy atom. The highest BCUT2D eigenvalue weighted by molar-refractivity contribution is 5.36. The molecule has 1 fully saturated rings. The summed E-state index contributed by atoms with van der Waals surface area (Å²) in [5.74, 6) is 1.06. The van der Waals surface area contributed by atoms with Crippen LogP contribution in [0.5, 0.6) is 0 Å². The standard InChI is InChI=1S/C16H21NO/c1-12(2)13-7-9-15(10-8-13)16(17-11-18)14-5-3-4-6-14/h7-10,12,14,16H,3-6H2,1-2H3. The van der Waals surface area contributed by atoms with E-state index in [1.807, 2.05) is 0 Å². The quantitative estimate of drug-likeness (QED) is 0.570. The van der Waals surface area contributed by atoms with E-state index < -0.39 is 0 Å². The fraction of sp³-hybridized carbons (Fsp3) is 0.562. The molecule has 18 heavy (non-hydrogen) atoms. The molecule has 96 valence electrons. The van der Waals surface area contributed by atoms with Gasteiger partial charge in [0.05, 0.1) is 6.04 Å². The maximum Gasteiger partial charge on any atom is 0.235 e. The van der Waals surface area contributed by atoms with Gasteiger partial charge in [-0.15, -0.1) is 0 Å². The van der Waals surface area contributed by atoms with E-state index in [1.54, 1.807) is 6.08 Å². The van der Waals surface area contributed by atoms with E-state index in [9.17, 15) is 4.79 Å². The first kappa shape index (κ1) is 13.0. The molecule has 0 aliphatic heterocycles. The van der Waals surface area contributed by atoms with Crippen molar-refractivity contribution in [3.8, 4) is 0 Å². The second-order valence-electron chi connectivity index (χ2n) is 5.53. The van der Waals surface area contributed by atoms with Crippen LogP contribution in [0, 0.1) is 5.92 Å². The minimum atomic E-state index is 0.0196. The zero-order chi connectivity index (χ0) is 13.0. The van der Waals surface area contributed by atoms with Gasteiger partial charge < -0.3 is 0 Å². The fourth-order valence-corrected chi connectivity index (χ4v) is 2.86. The molecule has 1 atom stereocenters. The summed E-state index contributed by atoms with van der Waals surface area (Å²) in [7, 11) is 0. The van der Waals surface area contributed by atoms with Gasteiger partial charge in [0.1, 0.15) is 0 Å². The van der Waals surface area contributed by atoms with Gasteiger partial charge in [-0.2, -0.15) is 4.99 Å². The van der Waals surface area contributed by atoms with Crippen molar-refractivity contribution >= 4 is 6.08 Å². The van der Waals surface area contributed by atoms with E-state index in [4.69, 9.17) is 0 Å². The summed E-state index contributed by atoms with van der Waals surface area (Å²) in [5, 5.41) is 0. The summed E-state index contributed by atoms with van der Waals surface area (Å²) in [4.78, 5) is 14.7. The molecule has 0 N–H and O–H groups in total. The van der Waals surface area contributed by atoms with Gasteiger partial charge in [-0.25, -0.2) is 4.79 Å². The van der Waals surface area contributed by atoms with Gasteiger partial charge in [-0.1, -0.05) is 51.0 Å². The highest BCUT2D eigenvalue weighted by Gasteiger charge is 2.26. The average molecular weight is 243 g/mol. The molecule has 1 aromatic rings. The molecule has 1 aliphatic carbocycles. The number of nitrogens with zero attached hydrogens (tertiary/aromatic N) is 1. The number of carbonyl (C=O) groups excluding carboxylic acids is 1. The molecule has 2 nitrogen and oxygen atoms in total. The maximum absolute atomic E-state index is 10.6. The predicted octanol–water partition coefficient (Wildman–Crippen LogP) is 4.38. The monoisotopic (exact) mass is 243 g/mol. The fourth-order valence-electron chi connectivity index (χ4n) is 2.86. The van der Waals surface area contributed by atoms with Crippen molar-refractivity contribution in [2.24, 2.45) is 10.9 Å². The normalized spacial score (nSPS) is 17.7. The van der Waals surface area contributed by atoms with E-state index in [0.717, 1.165) is 5.56 Å². The Kier molecular flexibility index (Phi) is 4.33. The lowest BCUT2D eigenvalue weighted by atomic mass is 9.90. The zero-order valence-electron chi connectivity index (χ0n) is 11.2. The smallest absolute Gasteiger partial charge is 0.211 e. The molecule has 2 heteroatoms. The highest BCUT2D eigenvalue weighted by atomic mass is 16.1. The minimum absolute atomic E-state index is 0.0196. The number of aliphatic imine (C=N–C) groups is 1. The van der Waals surface area contributed by atoms with Crippen molar-refractivity contribution in [3.05, 3.63) is 35.4 Å². The van der Waals surface area contributed by atoms with Crippen molar-refractivity contribution in [1.82, 2.24) is 0 Å². The zero-order valence-corrected chi connectivity index (χ0v) is 11.2. The molecular formula is C16H21NO. The van der Waals surface area contributed by atoms with Crippen LogP contribution in [-0.4, -0.2) is 6.08 Å². The Morgan fingerprint density at radius 2 is 1.67 bits per heavy atom. The summed E-state index contributed by atoms with van der Waals surface area (Å²) in [6.45, 7) is 4.38. The number of hydrogen-bond donors (Lipinski definition) is 0. The summed E-state index contributed by atoms with van der Waals surface area (Å²) >= 11 is 0. The van der Waals surface area contributed by atoms with Crippen molar-refractivity contribution < 1.29 is 4.79 Å². The first-order chi connectivity index (χ1) is 8.72. The van der Waals surface area contributed by atoms with Crippen LogP contribution < -0.4 is 0 Å². The lowest BCUT2D eigenvalue weighted by Gasteiger charge is -2.18. The van der Waals surface area contributed by atoms with Crippen molar-refractivity contribution in [2.75, 3.05) is 0 Å². The molecule has 0 spiro atoms. The molecule has 0 aromatic heterocycles. The summed E-state index contributed by atoms with van der Waals surface area (Å²) in [5.41, 5.74) is 2.49. The van der Waals surface area contributed by atoms with E-state index in [0.29, 0.717) is 11.8 Å². The molecule has 2 rings (SSSR count). The first-order valence-corrected chi connectivity index (χ1v) is 6.89. The molecule has 0 radical (unpaired) electrons. The minimum Gasteiger partial charge on any atom is -0.211 e. The third-order valence-electron chi connectivity index (χ3n) is 3.98. The molecule has 1 unspecified atom stereocenters. The van der Waals surface area contributed by atoms with E-state index in [1.165, 1.54) is 31.2 Å². The lowest BCUT2D eigenvalue weighted by Crippen LogP contribution is -2.07. The van der Waals surface area contributed by atoms with Crippen LogP contribution in [0.15, 0.2) is 29.3 Å². The molecule has 1 aliphatic rings. The van der Waals surface area contributed by atoms with E-state index >= 15 is 0 Å². The molecule has 1 saturated carbocycles. The van der Waals surface area contributed by atoms with Gasteiger partial charge in [-0.05, 0) is 35.8 Å². The van der Waals surface area contributed by atoms with Gasteiger partial charge in [0.15, 0.2) is 0 Å². The number of isocyanates is 1. The van der Waals surface area contributed by atoms with Crippen molar-refractivity contribution in [2.45, 2.75) is 51.5 Å². The Balaban J connectivity index is 2.22. The summed E-state index contributed by atoms with van der Waals surface area (Å²) in [6, 6.07) is 8.58. The van der Waals surface area contributed by atoms with Crippen molar-refractivity contribution in [3.63, 3.8) is 0 Å². The predicted molar refractivity (Wildman–Crippen MR) is 73.4 cm³/mol. The topological polar surface area (TPSA) is 29.4 Å². The van der Waals surface area contributed by atoms with Crippen LogP contribution in [0.3, 0.4) is 0 Å². The largest absolute Gasteiger partial charge is 0.235 e. The second kappa shape index (κ2) is 5.97. The molecule has 0 bridgehead atoms. The molecule has 1 aromatic carbocycles. The Bertz CT molecular complexity index is 423. The Morgan fingerprint density at radius 1 is 1.11 bits per heavy atom. The number of benzene rings is 1. The number of hydrogen-bond acceptors (Lipinski definition) is 2.